The molecule has 2 aliphatic heterocycles. The summed E-state index contributed by atoms with van der Waals surface area (Å²) < 4.78 is 118. The first kappa shape index (κ1) is 57.5. The Bertz CT molecular complexity index is 2830. The van der Waals surface area contributed by atoms with E-state index in [0.29, 0.717) is 105 Å². The van der Waals surface area contributed by atoms with Crippen molar-refractivity contribution in [1.29, 1.82) is 0 Å². The van der Waals surface area contributed by atoms with E-state index >= 15 is 0 Å². The van der Waals surface area contributed by atoms with Gasteiger partial charge in [0.15, 0.2) is 5.71 Å². The lowest BCUT2D eigenvalue weighted by molar-refractivity contribution is -0.684. The highest BCUT2D eigenvalue weighted by Crippen LogP contribution is 2.49. The van der Waals surface area contributed by atoms with Gasteiger partial charge in [-0.25, -0.2) is 4.57 Å². The Morgan fingerprint density at radius 3 is 2.15 bits per heavy atom. The van der Waals surface area contributed by atoms with Crippen molar-refractivity contribution in [1.82, 2.24) is 5.32 Å². The van der Waals surface area contributed by atoms with Crippen molar-refractivity contribution in [2.24, 2.45) is 10.7 Å². The molecule has 0 saturated carbocycles. The molecule has 18 nitrogen and oxygen atoms in total. The number of aryl methyl sites for hydroxylation is 2. The predicted octanol–water partition coefficient (Wildman–Crippen LogP) is 5.95. The van der Waals surface area contributed by atoms with Gasteiger partial charge in [0.25, 0.3) is 30.4 Å². The maximum Gasteiger partial charge on any atom is 0.327 e. The number of nitrogens with two attached hydrogens (primary N) is 1. The molecule has 0 atom stereocenters. The van der Waals surface area contributed by atoms with E-state index in [0.717, 1.165) is 23.1 Å². The molecule has 0 spiro atoms. The van der Waals surface area contributed by atoms with Crippen molar-refractivity contribution in [3.05, 3.63) is 112 Å². The molecule has 3 aromatic rings. The molecule has 22 heteroatoms. The molecule has 0 bridgehead atoms. The van der Waals surface area contributed by atoms with Crippen LogP contribution in [0.4, 0.5) is 11.5 Å². The van der Waals surface area contributed by atoms with Gasteiger partial charge in [0.05, 0.1) is 65.4 Å². The second-order valence-electron chi connectivity index (χ2n) is 18.3. The van der Waals surface area contributed by atoms with E-state index in [1.165, 1.54) is 12.1 Å². The molecule has 71 heavy (non-hydrogen) atoms. The zero-order chi connectivity index (χ0) is 52.0. The smallest absolute Gasteiger partial charge is 0.327 e. The minimum Gasteiger partial charge on any atom is -0.379 e. The fraction of sp³-hybridized carbons (Fsp3) is 0.490. The molecule has 0 fully saturated rings. The Kier molecular flexibility index (Phi) is 20.7. The van der Waals surface area contributed by atoms with Gasteiger partial charge in [0.2, 0.25) is 5.91 Å². The van der Waals surface area contributed by atoms with Crippen molar-refractivity contribution in [3.63, 3.8) is 0 Å². The third-order valence-corrected chi connectivity index (χ3v) is 14.8. The highest BCUT2D eigenvalue weighted by molar-refractivity contribution is 7.86. The molecule has 3 heterocycles. The van der Waals surface area contributed by atoms with E-state index in [1.54, 1.807) is 16.8 Å². The zero-order valence-corrected chi connectivity index (χ0v) is 43.9. The number of carbonyl (C=O) groups is 1. The second-order valence-corrected chi connectivity index (χ2v) is 23.3. The standard InChI is InChI=1S/C49H66ClN5O13S3/c1-48(2)42-33-39(50)35-54(22-8-30-69(57,58)59)47(42)53-44(48)17-13-37(14-18-45-49(3,4)41-34-40(71(63,64)65)15-16-43(41)55(45)23-9-31-70(60,61)62)38-11-5-10-36(32-38)12-19-46(56)52-21-7-25-67-27-29-68-28-26-66-24-6-20-51/h5,10-11,13-18,32-35H,6-9,12,19-31,51H2,1-4H3,(H3-,52,56,57,58,59,60,61,62,63,64,65)/p+1. The normalized spacial score (nSPS) is 16.2. The lowest BCUT2D eigenvalue weighted by atomic mass is 9.81. The van der Waals surface area contributed by atoms with Crippen LogP contribution in [0.5, 0.6) is 0 Å². The summed E-state index contributed by atoms with van der Waals surface area (Å²) in [5.41, 5.74) is 9.65. The van der Waals surface area contributed by atoms with E-state index in [-0.39, 0.29) is 43.2 Å². The van der Waals surface area contributed by atoms with Crippen LogP contribution in [0.1, 0.15) is 82.1 Å². The van der Waals surface area contributed by atoms with E-state index in [1.807, 2.05) is 87.2 Å². The second kappa shape index (κ2) is 25.5. The number of rotatable bonds is 29. The van der Waals surface area contributed by atoms with Crippen LogP contribution in [0, 0.1) is 0 Å². The Morgan fingerprint density at radius 1 is 0.831 bits per heavy atom. The first-order valence-electron chi connectivity index (χ1n) is 23.4. The highest BCUT2D eigenvalue weighted by Gasteiger charge is 2.43. The molecule has 1 aromatic heterocycles. The van der Waals surface area contributed by atoms with Gasteiger partial charge in [0, 0.05) is 55.9 Å². The van der Waals surface area contributed by atoms with Crippen molar-refractivity contribution < 1.29 is 62.5 Å². The van der Waals surface area contributed by atoms with E-state index < -0.39 is 52.7 Å². The maximum atomic E-state index is 12.9. The maximum absolute atomic E-state index is 12.9. The number of hydrogen-bond acceptors (Lipinski definition) is 13. The molecule has 0 aliphatic carbocycles. The topological polar surface area (TPSA) is 265 Å². The van der Waals surface area contributed by atoms with Gasteiger partial charge in [-0.2, -0.15) is 25.3 Å². The molecule has 6 N–H and O–H groups in total. The fourth-order valence-corrected chi connectivity index (χ4v) is 10.1. The Labute approximate surface area is 423 Å². The molecule has 1 amide bonds. The SMILES string of the molecule is CC1(C)C(/C=C/C(=C/C=C2\N(CCCS(=O)(=O)O)c3ccc(S(=O)(=O)O)cc3C2(C)C)c2cccc(CCC(=O)NCCCOCCOCCOCCCN)c2)=Nc2c1cc(Cl)c[n+]2CCCS(=O)(=O)O. The van der Waals surface area contributed by atoms with Gasteiger partial charge in [-0.05, 0) is 110 Å². The van der Waals surface area contributed by atoms with Crippen molar-refractivity contribution >= 4 is 70.7 Å². The first-order valence-corrected chi connectivity index (χ1v) is 28.5. The number of nitrogens with zero attached hydrogens (tertiary/aromatic N) is 3. The molecular weight excluding hydrogens is 998 g/mol. The molecule has 0 unspecified atom stereocenters. The number of carbonyl (C=O) groups excluding carboxylic acids is 1. The van der Waals surface area contributed by atoms with Gasteiger partial charge in [-0.1, -0.05) is 61.9 Å². The number of aliphatic imine (C=N–C) groups is 1. The number of benzene rings is 2. The average Bonchev–Trinajstić information content (AvgIpc) is 3.66. The lowest BCUT2D eigenvalue weighted by Gasteiger charge is -2.27. The van der Waals surface area contributed by atoms with E-state index in [2.05, 4.69) is 5.32 Å². The summed E-state index contributed by atoms with van der Waals surface area (Å²) in [7, 11) is -13.0. The number of fused-ring (bicyclic) bond motifs is 2. The van der Waals surface area contributed by atoms with Crippen LogP contribution in [0.15, 0.2) is 94.6 Å². The Hall–Kier alpha value is -4.39. The van der Waals surface area contributed by atoms with Gasteiger partial charge in [-0.3, -0.25) is 18.5 Å². The molecule has 0 saturated heterocycles. The number of halogens is 1. The third-order valence-electron chi connectivity index (χ3n) is 12.1. The predicted molar refractivity (Wildman–Crippen MR) is 274 cm³/mol. The Morgan fingerprint density at radius 2 is 1.49 bits per heavy atom. The summed E-state index contributed by atoms with van der Waals surface area (Å²) >= 11 is 6.57. The molecule has 2 aliphatic rings. The molecule has 2 aromatic carbocycles. The summed E-state index contributed by atoms with van der Waals surface area (Å²) in [4.78, 5) is 19.5. The fourth-order valence-electron chi connectivity index (χ4n) is 8.34. The Balaban J connectivity index is 1.41. The van der Waals surface area contributed by atoms with Crippen molar-refractivity contribution in [2.45, 2.75) is 88.5 Å². The summed E-state index contributed by atoms with van der Waals surface area (Å²) in [6, 6.07) is 13.8. The number of allylic oxidation sites excluding steroid dienone is 6. The number of aromatic nitrogens is 1. The average molecular weight is 1070 g/mol. The molecular formula is C49H67ClN5O13S3+. The minimum atomic E-state index is -4.56. The van der Waals surface area contributed by atoms with Crippen LogP contribution in [0.2, 0.25) is 5.02 Å². The van der Waals surface area contributed by atoms with Crippen LogP contribution in [0.25, 0.3) is 5.57 Å². The molecule has 0 radical (unpaired) electrons. The summed E-state index contributed by atoms with van der Waals surface area (Å²) in [6.45, 7) is 12.1. The minimum absolute atomic E-state index is 0.0453. The third kappa shape index (κ3) is 17.1. The van der Waals surface area contributed by atoms with Gasteiger partial charge in [0.1, 0.15) is 6.20 Å². The summed E-state index contributed by atoms with van der Waals surface area (Å²) in [5, 5.41) is 3.38. The van der Waals surface area contributed by atoms with Crippen molar-refractivity contribution in [2.75, 3.05) is 75.7 Å². The summed E-state index contributed by atoms with van der Waals surface area (Å²) in [5.74, 6) is -0.462. The van der Waals surface area contributed by atoms with Crippen LogP contribution >= 0.6 is 11.6 Å². The van der Waals surface area contributed by atoms with Crippen LogP contribution in [-0.4, -0.2) is 121 Å². The number of anilines is 1. The quantitative estimate of drug-likeness (QED) is 0.0233. The van der Waals surface area contributed by atoms with E-state index in [4.69, 9.17) is 36.5 Å². The van der Waals surface area contributed by atoms with Gasteiger partial charge in [-0.15, -0.1) is 0 Å². The number of pyridine rings is 1. The van der Waals surface area contributed by atoms with E-state index in [9.17, 15) is 43.7 Å². The monoisotopic (exact) mass is 1060 g/mol. The van der Waals surface area contributed by atoms with Gasteiger partial charge >= 0.3 is 5.82 Å². The first-order chi connectivity index (χ1) is 33.4. The number of hydrogen-bond donors (Lipinski definition) is 5. The van der Waals surface area contributed by atoms with Crippen LogP contribution < -0.4 is 20.5 Å². The highest BCUT2D eigenvalue weighted by atomic mass is 35.5. The zero-order valence-electron chi connectivity index (χ0n) is 40.7. The molecule has 390 valence electrons. The number of nitrogens with one attached hydrogen (secondary N) is 1. The van der Waals surface area contributed by atoms with Gasteiger partial charge < -0.3 is 30.2 Å². The molecule has 5 rings (SSSR count). The lowest BCUT2D eigenvalue weighted by Crippen LogP contribution is -2.36. The summed E-state index contributed by atoms with van der Waals surface area (Å²) in [6.07, 6.45) is 11.5. The largest absolute Gasteiger partial charge is 0.379 e. The van der Waals surface area contributed by atoms with Crippen molar-refractivity contribution in [3.8, 4) is 0 Å². The van der Waals surface area contributed by atoms with Crippen LogP contribution in [-0.2, 0) is 73.2 Å². The number of amides is 1. The van der Waals surface area contributed by atoms with Crippen LogP contribution in [0.3, 0.4) is 0 Å². The number of ether oxygens (including phenoxy) is 3.